The van der Waals surface area contributed by atoms with Gasteiger partial charge in [0.25, 0.3) is 12.0 Å². The molecule has 1 aromatic heterocycles. The van der Waals surface area contributed by atoms with Crippen molar-refractivity contribution in [3.05, 3.63) is 34.7 Å². The van der Waals surface area contributed by atoms with Crippen LogP contribution < -0.4 is 5.56 Å². The first-order chi connectivity index (χ1) is 12.9. The number of aromatic nitrogens is 1. The Hall–Kier alpha value is -2.23. The highest BCUT2D eigenvalue weighted by molar-refractivity contribution is 5.76. The lowest BCUT2D eigenvalue weighted by Gasteiger charge is -2.48. The minimum absolute atomic E-state index is 0.00792. The molecule has 0 bridgehead atoms. The third kappa shape index (κ3) is 5.15. The number of nitrogens with zero attached hydrogens (tertiary/aromatic N) is 2. The van der Waals surface area contributed by atoms with Crippen molar-refractivity contribution in [1.82, 2.24) is 9.47 Å². The average Bonchev–Trinajstić information content (AvgIpc) is 2.66. The Bertz CT molecular complexity index is 682. The molecule has 0 saturated carbocycles. The molecule has 0 radical (unpaired) electrons. The molecule has 3 heterocycles. The van der Waals surface area contributed by atoms with Crippen molar-refractivity contribution < 1.29 is 29.6 Å². The molecule has 2 fully saturated rings. The second-order valence-electron chi connectivity index (χ2n) is 6.68. The van der Waals surface area contributed by atoms with Crippen LogP contribution in [0.3, 0.4) is 0 Å². The third-order valence-corrected chi connectivity index (χ3v) is 5.13. The number of likely N-dealkylation sites (tertiary alicyclic amines) is 1. The first-order valence-electron chi connectivity index (χ1n) is 8.95. The van der Waals surface area contributed by atoms with Crippen LogP contribution in [-0.4, -0.2) is 74.7 Å². The van der Waals surface area contributed by atoms with Crippen molar-refractivity contribution in [2.24, 2.45) is 0 Å². The van der Waals surface area contributed by atoms with E-state index in [1.807, 2.05) is 0 Å². The molecule has 1 aromatic rings. The Balaban J connectivity index is 0.000000817. The number of aryl methyl sites for hydroxylation is 1. The first kappa shape index (κ1) is 21.1. The molecule has 0 aliphatic carbocycles. The summed E-state index contributed by atoms with van der Waals surface area (Å²) in [6.45, 7) is 1.53. The molecule has 9 nitrogen and oxygen atoms in total. The number of piperidine rings is 1. The van der Waals surface area contributed by atoms with Gasteiger partial charge in [0, 0.05) is 38.3 Å². The summed E-state index contributed by atoms with van der Waals surface area (Å²) in [4.78, 5) is 34.1. The Labute approximate surface area is 156 Å². The molecule has 1 amide bonds. The quantitative estimate of drug-likeness (QED) is 0.598. The van der Waals surface area contributed by atoms with Crippen LogP contribution in [0, 0.1) is 0 Å². The average molecular weight is 382 g/mol. The van der Waals surface area contributed by atoms with E-state index < -0.39 is 17.8 Å². The lowest BCUT2D eigenvalue weighted by Crippen LogP contribution is -2.60. The van der Waals surface area contributed by atoms with E-state index in [4.69, 9.17) is 14.6 Å². The van der Waals surface area contributed by atoms with Crippen LogP contribution >= 0.6 is 0 Å². The summed E-state index contributed by atoms with van der Waals surface area (Å²) in [7, 11) is 0. The number of carbonyl (C=O) groups is 2. The molecule has 3 N–H and O–H groups in total. The van der Waals surface area contributed by atoms with Gasteiger partial charge in [-0.1, -0.05) is 6.07 Å². The van der Waals surface area contributed by atoms with Crippen LogP contribution in [0.1, 0.15) is 25.7 Å². The third-order valence-electron chi connectivity index (χ3n) is 5.13. The molecule has 0 aromatic carbocycles. The summed E-state index contributed by atoms with van der Waals surface area (Å²) in [5.74, 6) is -0.00792. The second kappa shape index (κ2) is 9.63. The van der Waals surface area contributed by atoms with E-state index in [1.165, 1.54) is 10.6 Å². The fraction of sp³-hybridized carbons (Fsp3) is 0.611. The second-order valence-corrected chi connectivity index (χ2v) is 6.68. The summed E-state index contributed by atoms with van der Waals surface area (Å²) in [5.41, 5.74) is -0.847. The highest BCUT2D eigenvalue weighted by atomic mass is 16.5. The van der Waals surface area contributed by atoms with Crippen molar-refractivity contribution >= 4 is 12.4 Å². The maximum atomic E-state index is 12.4. The number of hydrogen-bond acceptors (Lipinski definition) is 6. The minimum Gasteiger partial charge on any atom is -0.483 e. The summed E-state index contributed by atoms with van der Waals surface area (Å²) in [6.07, 6.45) is 1.76. The molecular formula is C18H26N2O7. The topological polar surface area (TPSA) is 129 Å². The molecule has 9 heteroatoms. The van der Waals surface area contributed by atoms with Crippen molar-refractivity contribution in [2.75, 3.05) is 19.7 Å². The number of pyridine rings is 1. The Morgan fingerprint density at radius 2 is 1.96 bits per heavy atom. The van der Waals surface area contributed by atoms with Crippen LogP contribution in [0.4, 0.5) is 0 Å². The molecule has 27 heavy (non-hydrogen) atoms. The molecular weight excluding hydrogens is 356 g/mol. The zero-order chi connectivity index (χ0) is 19.9. The lowest BCUT2D eigenvalue weighted by atomic mass is 9.80. The van der Waals surface area contributed by atoms with Gasteiger partial charge in [0.2, 0.25) is 5.91 Å². The van der Waals surface area contributed by atoms with Gasteiger partial charge in [-0.15, -0.1) is 0 Å². The lowest BCUT2D eigenvalue weighted by molar-refractivity contribution is -0.214. The van der Waals surface area contributed by atoms with Gasteiger partial charge in [0.15, 0.2) is 0 Å². The Kier molecular flexibility index (Phi) is 7.52. The van der Waals surface area contributed by atoms with Gasteiger partial charge in [-0.2, -0.15) is 0 Å². The molecule has 2 saturated heterocycles. The maximum Gasteiger partial charge on any atom is 0.290 e. The molecule has 0 unspecified atom stereocenters. The number of ether oxygens (including phenoxy) is 1. The van der Waals surface area contributed by atoms with Gasteiger partial charge < -0.3 is 29.5 Å². The van der Waals surface area contributed by atoms with Crippen LogP contribution in [0.25, 0.3) is 0 Å². The molecule has 1 spiro atoms. The monoisotopic (exact) mass is 382 g/mol. The van der Waals surface area contributed by atoms with Crippen molar-refractivity contribution in [3.63, 3.8) is 0 Å². The van der Waals surface area contributed by atoms with E-state index in [1.54, 1.807) is 23.2 Å². The number of amides is 1. The minimum atomic E-state index is -0.897. The van der Waals surface area contributed by atoms with Gasteiger partial charge in [-0.3, -0.25) is 14.4 Å². The Morgan fingerprint density at radius 3 is 2.59 bits per heavy atom. The highest BCUT2D eigenvalue weighted by Crippen LogP contribution is 2.35. The number of carboxylic acid groups (broad SMARTS) is 1. The fourth-order valence-corrected chi connectivity index (χ4v) is 3.57. The van der Waals surface area contributed by atoms with Crippen molar-refractivity contribution in [1.29, 1.82) is 0 Å². The van der Waals surface area contributed by atoms with Crippen LogP contribution in [0.5, 0.6) is 0 Å². The zero-order valence-corrected chi connectivity index (χ0v) is 15.1. The SMILES string of the molecule is O=C(CCn1ccccc1=O)N1CCC2(CC1)OCC[C@H](O)[C@@H]2O.O=CO. The molecule has 2 atom stereocenters. The number of rotatable bonds is 3. The number of carbonyl (C=O) groups excluding carboxylic acids is 1. The van der Waals surface area contributed by atoms with Gasteiger partial charge >= 0.3 is 0 Å². The van der Waals surface area contributed by atoms with Gasteiger partial charge in [-0.25, -0.2) is 0 Å². The summed E-state index contributed by atoms with van der Waals surface area (Å²) in [5, 5.41) is 27.0. The number of hydrogen-bond donors (Lipinski definition) is 3. The van der Waals surface area contributed by atoms with Gasteiger partial charge in [0.1, 0.15) is 6.10 Å². The van der Waals surface area contributed by atoms with E-state index in [9.17, 15) is 19.8 Å². The van der Waals surface area contributed by atoms with Crippen molar-refractivity contribution in [3.8, 4) is 0 Å². The zero-order valence-electron chi connectivity index (χ0n) is 15.1. The summed E-state index contributed by atoms with van der Waals surface area (Å²) in [6, 6.07) is 4.92. The standard InChI is InChI=1S/C17H24N2O5.CH2O2/c20-13-5-12-24-17(16(13)23)6-10-19(11-7-17)15(22)4-9-18-8-2-1-3-14(18)21;2-1-3/h1-3,8,13,16,20,23H,4-7,9-12H2;1H,(H,2,3)/t13-,16-;/m0./s1. The van der Waals surface area contributed by atoms with Gasteiger partial charge in [-0.05, 0) is 25.3 Å². The first-order valence-corrected chi connectivity index (χ1v) is 8.95. The predicted molar refractivity (Wildman–Crippen MR) is 95.1 cm³/mol. The molecule has 2 aliphatic rings. The Morgan fingerprint density at radius 1 is 1.30 bits per heavy atom. The maximum absolute atomic E-state index is 12.4. The molecule has 3 rings (SSSR count). The van der Waals surface area contributed by atoms with Crippen LogP contribution in [0.2, 0.25) is 0 Å². The number of aliphatic hydroxyl groups is 2. The van der Waals surface area contributed by atoms with E-state index in [-0.39, 0.29) is 24.4 Å². The molecule has 150 valence electrons. The largest absolute Gasteiger partial charge is 0.483 e. The number of aliphatic hydroxyl groups excluding tert-OH is 2. The van der Waals surface area contributed by atoms with Crippen LogP contribution in [0.15, 0.2) is 29.2 Å². The van der Waals surface area contributed by atoms with E-state index >= 15 is 0 Å². The van der Waals surface area contributed by atoms with E-state index in [0.717, 1.165) is 0 Å². The fourth-order valence-electron chi connectivity index (χ4n) is 3.57. The highest BCUT2D eigenvalue weighted by Gasteiger charge is 2.47. The summed E-state index contributed by atoms with van der Waals surface area (Å²) < 4.78 is 7.29. The van der Waals surface area contributed by atoms with Crippen molar-refractivity contribution in [2.45, 2.75) is 50.0 Å². The van der Waals surface area contributed by atoms with Gasteiger partial charge in [0.05, 0.1) is 18.3 Å². The smallest absolute Gasteiger partial charge is 0.290 e. The van der Waals surface area contributed by atoms with E-state index in [2.05, 4.69) is 0 Å². The van der Waals surface area contributed by atoms with Crippen LogP contribution in [-0.2, 0) is 20.9 Å². The molecule has 2 aliphatic heterocycles. The normalized spacial score (nSPS) is 24.0. The predicted octanol–water partition coefficient (Wildman–Crippen LogP) is -0.557. The summed E-state index contributed by atoms with van der Waals surface area (Å²) >= 11 is 0. The van der Waals surface area contributed by atoms with E-state index in [0.29, 0.717) is 45.5 Å².